The van der Waals surface area contributed by atoms with Crippen molar-refractivity contribution >= 4 is 22.6 Å². The second-order valence-corrected chi connectivity index (χ2v) is 24.9. The molecule has 220 valence electrons. The molecule has 38 heavy (non-hydrogen) atoms. The molecule has 0 N–H and O–H groups in total. The number of carbonyl (C=O) groups is 1. The SMILES string of the molecule is C=C1C[C@@H]2[C@H](C=CC(C)(CCCCC)O[Si](C)(C)C(C)(C)C)[C@H](O[Si](C)(C)C(C)(C)C)C[C@@H]2C1OC(C)=O. The topological polar surface area (TPSA) is 44.8 Å². The zero-order chi connectivity index (χ0) is 29.3. The Morgan fingerprint density at radius 3 is 2.05 bits per heavy atom. The molecule has 0 aromatic carbocycles. The van der Waals surface area contributed by atoms with Gasteiger partial charge in [-0.2, -0.15) is 0 Å². The summed E-state index contributed by atoms with van der Waals surface area (Å²) in [5.41, 5.74) is 0.755. The molecule has 0 aromatic rings. The lowest BCUT2D eigenvalue weighted by molar-refractivity contribution is -0.146. The van der Waals surface area contributed by atoms with Crippen LogP contribution in [0, 0.1) is 17.8 Å². The van der Waals surface area contributed by atoms with E-state index in [0.717, 1.165) is 31.3 Å². The van der Waals surface area contributed by atoms with Crippen molar-refractivity contribution in [3.05, 3.63) is 24.3 Å². The zero-order valence-electron chi connectivity index (χ0n) is 27.1. The predicted octanol–water partition coefficient (Wildman–Crippen LogP) is 9.44. The van der Waals surface area contributed by atoms with Crippen LogP contribution < -0.4 is 0 Å². The van der Waals surface area contributed by atoms with Crippen LogP contribution in [0.3, 0.4) is 0 Å². The minimum Gasteiger partial charge on any atom is -0.458 e. The molecule has 2 aliphatic carbocycles. The Bertz CT molecular complexity index is 864. The van der Waals surface area contributed by atoms with E-state index in [2.05, 4.69) is 100 Å². The number of fused-ring (bicyclic) bond motifs is 1. The molecule has 2 aliphatic rings. The molecule has 2 unspecified atom stereocenters. The first-order valence-corrected chi connectivity index (χ1v) is 20.9. The molecule has 0 saturated heterocycles. The van der Waals surface area contributed by atoms with Gasteiger partial charge in [0.15, 0.2) is 16.6 Å². The van der Waals surface area contributed by atoms with Crippen LogP contribution in [-0.4, -0.2) is 40.4 Å². The van der Waals surface area contributed by atoms with Crippen LogP contribution in [0.2, 0.25) is 36.3 Å². The van der Waals surface area contributed by atoms with Gasteiger partial charge in [0, 0.05) is 18.8 Å². The van der Waals surface area contributed by atoms with E-state index in [1.165, 1.54) is 19.8 Å². The maximum absolute atomic E-state index is 11.9. The molecule has 2 rings (SSSR count). The Kier molecular flexibility index (Phi) is 10.6. The molecule has 0 heterocycles. The van der Waals surface area contributed by atoms with Crippen LogP contribution in [0.15, 0.2) is 24.3 Å². The average Bonchev–Trinajstić information content (AvgIpc) is 3.19. The second kappa shape index (κ2) is 12.0. The number of unbranched alkanes of at least 4 members (excludes halogenated alkanes) is 2. The Labute approximate surface area is 237 Å². The quantitative estimate of drug-likeness (QED) is 0.108. The van der Waals surface area contributed by atoms with Crippen LogP contribution in [0.5, 0.6) is 0 Å². The van der Waals surface area contributed by atoms with Gasteiger partial charge in [-0.25, -0.2) is 0 Å². The zero-order valence-corrected chi connectivity index (χ0v) is 29.1. The first-order valence-electron chi connectivity index (χ1n) is 15.1. The third kappa shape index (κ3) is 7.95. The highest BCUT2D eigenvalue weighted by Gasteiger charge is 2.54. The lowest BCUT2D eigenvalue weighted by Gasteiger charge is -2.43. The van der Waals surface area contributed by atoms with E-state index in [0.29, 0.717) is 5.92 Å². The van der Waals surface area contributed by atoms with E-state index in [1.807, 2.05) is 0 Å². The second-order valence-electron chi connectivity index (χ2n) is 15.4. The molecule has 6 atom stereocenters. The van der Waals surface area contributed by atoms with Crippen molar-refractivity contribution in [2.75, 3.05) is 0 Å². The van der Waals surface area contributed by atoms with E-state index in [-0.39, 0.29) is 45.7 Å². The Hall–Kier alpha value is -0.696. The lowest BCUT2D eigenvalue weighted by Crippen LogP contribution is -2.48. The molecule has 0 spiro atoms. The fraction of sp³-hybridized carbons (Fsp3) is 0.844. The van der Waals surface area contributed by atoms with Crippen molar-refractivity contribution in [2.45, 2.75) is 155 Å². The van der Waals surface area contributed by atoms with E-state index >= 15 is 0 Å². The minimum absolute atomic E-state index is 0.126. The van der Waals surface area contributed by atoms with Crippen molar-refractivity contribution < 1.29 is 18.4 Å². The number of ether oxygens (including phenoxy) is 1. The molecular formula is C32H60O4Si2. The largest absolute Gasteiger partial charge is 0.458 e. The van der Waals surface area contributed by atoms with Gasteiger partial charge in [-0.3, -0.25) is 4.79 Å². The standard InChI is InChI=1S/C32H60O4Si2/c1-15-16-17-19-32(10,36-38(13,14)31(7,8)9)20-18-25-26-21-23(2)29(34-24(3)33)27(26)22-28(25)35-37(11,12)30(4,5)6/h18,20,25-29H,2,15-17,19,21-22H2,1,3-14H3/t25-,26+,27-,28+,29?,32?/m0/s1. The van der Waals surface area contributed by atoms with Crippen LogP contribution >= 0.6 is 0 Å². The summed E-state index contributed by atoms with van der Waals surface area (Å²) in [5.74, 6) is 0.693. The Balaban J connectivity index is 2.45. The van der Waals surface area contributed by atoms with Crippen LogP contribution in [0.4, 0.5) is 0 Å². The van der Waals surface area contributed by atoms with Gasteiger partial charge in [0.1, 0.15) is 6.10 Å². The highest BCUT2D eigenvalue weighted by Crippen LogP contribution is 2.54. The fourth-order valence-electron chi connectivity index (χ4n) is 5.76. The molecule has 0 bridgehead atoms. The summed E-state index contributed by atoms with van der Waals surface area (Å²) >= 11 is 0. The molecule has 0 aliphatic heterocycles. The van der Waals surface area contributed by atoms with Crippen LogP contribution in [0.1, 0.15) is 101 Å². The van der Waals surface area contributed by atoms with E-state index < -0.39 is 16.6 Å². The summed E-state index contributed by atoms with van der Waals surface area (Å²) in [7, 11) is -3.95. The average molecular weight is 565 g/mol. The number of hydrogen-bond donors (Lipinski definition) is 0. The van der Waals surface area contributed by atoms with Gasteiger partial charge in [0.05, 0.1) is 11.7 Å². The summed E-state index contributed by atoms with van der Waals surface area (Å²) in [5, 5.41) is 0.289. The highest BCUT2D eigenvalue weighted by atomic mass is 28.4. The molecule has 6 heteroatoms. The summed E-state index contributed by atoms with van der Waals surface area (Å²) < 4.78 is 20.1. The summed E-state index contributed by atoms with van der Waals surface area (Å²) in [6.45, 7) is 33.7. The van der Waals surface area contributed by atoms with Gasteiger partial charge in [0.2, 0.25) is 0 Å². The first-order chi connectivity index (χ1) is 17.1. The van der Waals surface area contributed by atoms with Gasteiger partial charge < -0.3 is 13.6 Å². The number of esters is 1. The highest BCUT2D eigenvalue weighted by molar-refractivity contribution is 6.74. The molecule has 2 fully saturated rings. The summed E-state index contributed by atoms with van der Waals surface area (Å²) in [6, 6.07) is 0. The third-order valence-electron chi connectivity index (χ3n) is 10.1. The number of hydrogen-bond acceptors (Lipinski definition) is 4. The monoisotopic (exact) mass is 564 g/mol. The Morgan fingerprint density at radius 2 is 1.55 bits per heavy atom. The van der Waals surface area contributed by atoms with Crippen molar-refractivity contribution in [1.29, 1.82) is 0 Å². The smallest absolute Gasteiger partial charge is 0.303 e. The molecule has 0 aromatic heterocycles. The van der Waals surface area contributed by atoms with Gasteiger partial charge in [0.25, 0.3) is 0 Å². The number of rotatable bonds is 11. The van der Waals surface area contributed by atoms with E-state index in [9.17, 15) is 4.79 Å². The van der Waals surface area contributed by atoms with E-state index in [1.54, 1.807) is 0 Å². The normalized spacial score (nSPS) is 28.6. The van der Waals surface area contributed by atoms with Gasteiger partial charge in [-0.15, -0.1) is 0 Å². The molecule has 2 saturated carbocycles. The maximum atomic E-state index is 11.9. The van der Waals surface area contributed by atoms with Crippen molar-refractivity contribution in [2.24, 2.45) is 17.8 Å². The van der Waals surface area contributed by atoms with Crippen LogP contribution in [-0.2, 0) is 18.4 Å². The lowest BCUT2D eigenvalue weighted by atomic mass is 9.88. The van der Waals surface area contributed by atoms with Crippen molar-refractivity contribution in [3.63, 3.8) is 0 Å². The third-order valence-corrected chi connectivity index (χ3v) is 19.1. The Morgan fingerprint density at radius 1 is 0.974 bits per heavy atom. The molecule has 0 radical (unpaired) electrons. The molecular weight excluding hydrogens is 505 g/mol. The van der Waals surface area contributed by atoms with Gasteiger partial charge >= 0.3 is 5.97 Å². The van der Waals surface area contributed by atoms with Gasteiger partial charge in [-0.1, -0.05) is 86.5 Å². The van der Waals surface area contributed by atoms with Crippen molar-refractivity contribution in [1.82, 2.24) is 0 Å². The summed E-state index contributed by atoms with van der Waals surface area (Å²) in [4.78, 5) is 11.9. The van der Waals surface area contributed by atoms with Gasteiger partial charge in [-0.05, 0) is 73.9 Å². The van der Waals surface area contributed by atoms with Crippen molar-refractivity contribution in [3.8, 4) is 0 Å². The minimum atomic E-state index is -1.98. The summed E-state index contributed by atoms with van der Waals surface area (Å²) in [6.07, 6.45) is 11.2. The number of carbonyl (C=O) groups excluding carboxylic acids is 1. The molecule has 4 nitrogen and oxygen atoms in total. The fourth-order valence-corrected chi connectivity index (χ4v) is 8.77. The molecule has 0 amide bonds. The van der Waals surface area contributed by atoms with E-state index in [4.69, 9.17) is 13.6 Å². The first kappa shape index (κ1) is 33.5. The van der Waals surface area contributed by atoms with Crippen LogP contribution in [0.25, 0.3) is 0 Å². The maximum Gasteiger partial charge on any atom is 0.303 e. The predicted molar refractivity (Wildman–Crippen MR) is 166 cm³/mol.